The molecule has 130 valence electrons. The highest BCUT2D eigenvalue weighted by molar-refractivity contribution is 9.10. The smallest absolute Gasteiger partial charge is 0.0175 e. The first-order valence-corrected chi connectivity index (χ1v) is 9.79. The quantitative estimate of drug-likeness (QED) is 0.244. The number of hydrogen-bond acceptors (Lipinski definition) is 0. The normalized spacial score (nSPS) is 10.4. The maximum Gasteiger partial charge on any atom is 0.0175 e. The minimum absolute atomic E-state index is 1.11. The summed E-state index contributed by atoms with van der Waals surface area (Å²) in [6.07, 6.45) is 0. The standard InChI is InChI=1S/C20H13Br.C6H6/c21-16-11-9-14(10-12-16)20-13-15-5-1-2-6-17(15)18-7-3-4-8-19(18)20;1-2-4-6-5-3-1/h1-13H;1-6H. The van der Waals surface area contributed by atoms with Crippen LogP contribution in [0.4, 0.5) is 0 Å². The molecule has 1 heteroatoms. The fraction of sp³-hybridized carbons (Fsp3) is 0. The average Bonchev–Trinajstić information content (AvgIpc) is 2.75. The van der Waals surface area contributed by atoms with Crippen LogP contribution < -0.4 is 0 Å². The summed E-state index contributed by atoms with van der Waals surface area (Å²) in [5.41, 5.74) is 2.54. The second-order valence-corrected chi connectivity index (χ2v) is 7.27. The van der Waals surface area contributed by atoms with E-state index >= 15 is 0 Å². The van der Waals surface area contributed by atoms with Crippen molar-refractivity contribution in [3.63, 3.8) is 0 Å². The summed E-state index contributed by atoms with van der Waals surface area (Å²) in [7, 11) is 0. The first kappa shape index (κ1) is 17.5. The Morgan fingerprint density at radius 1 is 0.444 bits per heavy atom. The van der Waals surface area contributed by atoms with Crippen LogP contribution in [0.5, 0.6) is 0 Å². The first-order valence-electron chi connectivity index (χ1n) is 8.99. The van der Waals surface area contributed by atoms with Crippen molar-refractivity contribution in [1.82, 2.24) is 0 Å². The van der Waals surface area contributed by atoms with Gasteiger partial charge in [-0.05, 0) is 50.9 Å². The molecule has 5 aromatic rings. The molecule has 0 unspecified atom stereocenters. The Labute approximate surface area is 168 Å². The Morgan fingerprint density at radius 2 is 0.963 bits per heavy atom. The van der Waals surface area contributed by atoms with Gasteiger partial charge in [0.05, 0.1) is 0 Å². The molecular weight excluding hydrogens is 392 g/mol. The van der Waals surface area contributed by atoms with Crippen LogP contribution in [0, 0.1) is 0 Å². The van der Waals surface area contributed by atoms with Gasteiger partial charge in [0.15, 0.2) is 0 Å². The summed E-state index contributed by atoms with van der Waals surface area (Å²) in [6.45, 7) is 0. The summed E-state index contributed by atoms with van der Waals surface area (Å²) in [6, 6.07) is 40.0. The van der Waals surface area contributed by atoms with Crippen LogP contribution in [0.25, 0.3) is 32.7 Å². The van der Waals surface area contributed by atoms with Crippen molar-refractivity contribution in [2.24, 2.45) is 0 Å². The van der Waals surface area contributed by atoms with Crippen LogP contribution in [0.1, 0.15) is 0 Å². The van der Waals surface area contributed by atoms with E-state index in [2.05, 4.69) is 94.8 Å². The molecule has 0 aromatic heterocycles. The highest BCUT2D eigenvalue weighted by Gasteiger charge is 2.07. The molecule has 0 nitrogen and oxygen atoms in total. The van der Waals surface area contributed by atoms with E-state index < -0.39 is 0 Å². The van der Waals surface area contributed by atoms with Gasteiger partial charge in [0.2, 0.25) is 0 Å². The Balaban J connectivity index is 0.000000257. The summed E-state index contributed by atoms with van der Waals surface area (Å²) in [5, 5.41) is 5.22. The van der Waals surface area contributed by atoms with Crippen molar-refractivity contribution in [2.75, 3.05) is 0 Å². The number of halogens is 1. The molecule has 0 amide bonds. The third-order valence-electron chi connectivity index (χ3n) is 4.59. The van der Waals surface area contributed by atoms with Gasteiger partial charge in [0, 0.05) is 4.47 Å². The van der Waals surface area contributed by atoms with Crippen molar-refractivity contribution in [3.05, 3.63) is 120 Å². The van der Waals surface area contributed by atoms with Crippen LogP contribution in [0.15, 0.2) is 120 Å². The lowest BCUT2D eigenvalue weighted by molar-refractivity contribution is 1.63. The van der Waals surface area contributed by atoms with Crippen LogP contribution in [0.2, 0.25) is 0 Å². The van der Waals surface area contributed by atoms with Crippen molar-refractivity contribution in [2.45, 2.75) is 0 Å². The lowest BCUT2D eigenvalue weighted by Crippen LogP contribution is -1.84. The third-order valence-corrected chi connectivity index (χ3v) is 5.12. The number of hydrogen-bond donors (Lipinski definition) is 0. The van der Waals surface area contributed by atoms with Crippen LogP contribution >= 0.6 is 15.9 Å². The number of benzene rings is 5. The van der Waals surface area contributed by atoms with Gasteiger partial charge in [0.1, 0.15) is 0 Å². The van der Waals surface area contributed by atoms with Gasteiger partial charge < -0.3 is 0 Å². The highest BCUT2D eigenvalue weighted by atomic mass is 79.9. The lowest BCUT2D eigenvalue weighted by atomic mass is 9.93. The molecule has 0 spiro atoms. The molecule has 0 N–H and O–H groups in total. The second kappa shape index (κ2) is 8.20. The van der Waals surface area contributed by atoms with Crippen LogP contribution in [-0.4, -0.2) is 0 Å². The maximum atomic E-state index is 3.51. The van der Waals surface area contributed by atoms with Crippen molar-refractivity contribution in [3.8, 4) is 11.1 Å². The van der Waals surface area contributed by atoms with E-state index in [-0.39, 0.29) is 0 Å². The van der Waals surface area contributed by atoms with Gasteiger partial charge in [-0.3, -0.25) is 0 Å². The molecular formula is C26H19Br. The van der Waals surface area contributed by atoms with Crippen LogP contribution in [-0.2, 0) is 0 Å². The molecule has 0 saturated heterocycles. The van der Waals surface area contributed by atoms with Gasteiger partial charge in [-0.1, -0.05) is 113 Å². The van der Waals surface area contributed by atoms with E-state index in [1.54, 1.807) is 0 Å². The largest absolute Gasteiger partial charge is 0.0623 e. The van der Waals surface area contributed by atoms with Gasteiger partial charge >= 0.3 is 0 Å². The molecule has 0 heterocycles. The zero-order valence-corrected chi connectivity index (χ0v) is 16.4. The van der Waals surface area contributed by atoms with E-state index in [4.69, 9.17) is 0 Å². The molecule has 0 saturated carbocycles. The molecule has 0 radical (unpaired) electrons. The van der Waals surface area contributed by atoms with Crippen molar-refractivity contribution >= 4 is 37.5 Å². The predicted molar refractivity (Wildman–Crippen MR) is 121 cm³/mol. The average molecular weight is 411 g/mol. The van der Waals surface area contributed by atoms with Crippen LogP contribution in [0.3, 0.4) is 0 Å². The summed E-state index contributed by atoms with van der Waals surface area (Å²) >= 11 is 3.51. The molecule has 0 bridgehead atoms. The van der Waals surface area contributed by atoms with Gasteiger partial charge in [-0.2, -0.15) is 0 Å². The van der Waals surface area contributed by atoms with Gasteiger partial charge in [-0.25, -0.2) is 0 Å². The molecule has 0 fully saturated rings. The Morgan fingerprint density at radius 3 is 1.59 bits per heavy atom. The molecule has 0 atom stereocenters. The minimum atomic E-state index is 1.11. The first-order chi connectivity index (χ1) is 13.3. The van der Waals surface area contributed by atoms with E-state index in [1.165, 1.54) is 32.7 Å². The Kier molecular flexibility index (Phi) is 5.32. The van der Waals surface area contributed by atoms with Crippen molar-refractivity contribution in [1.29, 1.82) is 0 Å². The topological polar surface area (TPSA) is 0 Å². The maximum absolute atomic E-state index is 3.51. The zero-order valence-electron chi connectivity index (χ0n) is 14.8. The second-order valence-electron chi connectivity index (χ2n) is 6.35. The fourth-order valence-corrected chi connectivity index (χ4v) is 3.57. The molecule has 0 aliphatic heterocycles. The molecule has 0 aliphatic carbocycles. The summed E-state index contributed by atoms with van der Waals surface area (Å²) in [4.78, 5) is 0. The predicted octanol–water partition coefficient (Wildman–Crippen LogP) is 8.11. The van der Waals surface area contributed by atoms with E-state index in [9.17, 15) is 0 Å². The highest BCUT2D eigenvalue weighted by Crippen LogP contribution is 2.35. The monoisotopic (exact) mass is 410 g/mol. The Hall–Kier alpha value is -2.90. The summed E-state index contributed by atoms with van der Waals surface area (Å²) < 4.78 is 1.11. The minimum Gasteiger partial charge on any atom is -0.0623 e. The number of fused-ring (bicyclic) bond motifs is 3. The van der Waals surface area contributed by atoms with Gasteiger partial charge in [-0.15, -0.1) is 0 Å². The summed E-state index contributed by atoms with van der Waals surface area (Å²) in [5.74, 6) is 0. The number of rotatable bonds is 1. The lowest BCUT2D eigenvalue weighted by Gasteiger charge is -2.11. The fourth-order valence-electron chi connectivity index (χ4n) is 3.31. The third kappa shape index (κ3) is 3.94. The van der Waals surface area contributed by atoms with Crippen molar-refractivity contribution < 1.29 is 0 Å². The zero-order chi connectivity index (χ0) is 18.5. The molecule has 0 aliphatic rings. The molecule has 5 rings (SSSR count). The van der Waals surface area contributed by atoms with E-state index in [0.29, 0.717) is 0 Å². The SMILES string of the molecule is Brc1ccc(-c2cc3ccccc3c3ccccc23)cc1.c1ccccc1. The van der Waals surface area contributed by atoms with E-state index in [0.717, 1.165) is 4.47 Å². The molecule has 5 aromatic carbocycles. The van der Waals surface area contributed by atoms with Gasteiger partial charge in [0.25, 0.3) is 0 Å². The molecule has 27 heavy (non-hydrogen) atoms. The van der Waals surface area contributed by atoms with E-state index in [1.807, 2.05) is 36.4 Å². The Bertz CT molecular complexity index is 1130.